The molecule has 0 aliphatic carbocycles. The number of alkyl halides is 3. The van der Waals surface area contributed by atoms with E-state index in [9.17, 15) is 13.2 Å². The summed E-state index contributed by atoms with van der Waals surface area (Å²) in [5.41, 5.74) is 0.739. The highest BCUT2D eigenvalue weighted by atomic mass is 32.2. The van der Waals surface area contributed by atoms with Crippen molar-refractivity contribution in [2.45, 2.75) is 30.7 Å². The number of hydrogen-bond donors (Lipinski definition) is 0. The Hall–Kier alpha value is -3.41. The summed E-state index contributed by atoms with van der Waals surface area (Å²) in [4.78, 5) is 0. The topological polar surface area (TPSA) is 91.8 Å². The quantitative estimate of drug-likeness (QED) is 0.388. The number of thioether (sulfide) groups is 1. The van der Waals surface area contributed by atoms with E-state index < -0.39 is 11.7 Å². The summed E-state index contributed by atoms with van der Waals surface area (Å²) in [6.45, 7) is 2.09. The smallest absolute Gasteiger partial charge is 0.416 e. The Morgan fingerprint density at radius 1 is 1.06 bits per heavy atom. The summed E-state index contributed by atoms with van der Waals surface area (Å²) in [7, 11) is 0. The fourth-order valence-corrected chi connectivity index (χ4v) is 3.31. The summed E-state index contributed by atoms with van der Waals surface area (Å²) in [5.74, 6) is 1.70. The Bertz CT molecular complexity index is 1160. The van der Waals surface area contributed by atoms with Gasteiger partial charge >= 0.3 is 6.18 Å². The maximum absolute atomic E-state index is 12.7. The molecule has 0 N–H and O–H groups in total. The molecule has 12 heteroatoms. The highest BCUT2D eigenvalue weighted by molar-refractivity contribution is 7.98. The van der Waals surface area contributed by atoms with E-state index in [4.69, 9.17) is 9.15 Å². The third-order valence-electron chi connectivity index (χ3n) is 4.10. The van der Waals surface area contributed by atoms with Gasteiger partial charge in [0.05, 0.1) is 17.0 Å². The van der Waals surface area contributed by atoms with Crippen LogP contribution in [0, 0.1) is 6.92 Å². The number of tetrazole rings is 1. The molecule has 0 aliphatic rings. The van der Waals surface area contributed by atoms with E-state index in [0.717, 1.165) is 17.7 Å². The lowest BCUT2D eigenvalue weighted by Gasteiger charge is -2.08. The molecule has 0 atom stereocenters. The van der Waals surface area contributed by atoms with E-state index >= 15 is 0 Å². The number of aromatic nitrogens is 6. The molecule has 0 saturated heterocycles. The van der Waals surface area contributed by atoms with E-state index in [1.165, 1.54) is 28.6 Å². The van der Waals surface area contributed by atoms with Gasteiger partial charge in [-0.25, -0.2) is 0 Å². The fraction of sp³-hybridized carbons (Fsp3) is 0.211. The summed E-state index contributed by atoms with van der Waals surface area (Å²) < 4.78 is 50.7. The van der Waals surface area contributed by atoms with E-state index in [-0.39, 0.29) is 12.4 Å². The average Bonchev–Trinajstić information content (AvgIpc) is 3.39. The first-order valence-corrected chi connectivity index (χ1v) is 9.96. The van der Waals surface area contributed by atoms with Gasteiger partial charge in [0.25, 0.3) is 11.1 Å². The molecule has 160 valence electrons. The third kappa shape index (κ3) is 5.20. The zero-order valence-corrected chi connectivity index (χ0v) is 16.9. The van der Waals surface area contributed by atoms with Gasteiger partial charge in [0.1, 0.15) is 5.75 Å². The number of benzene rings is 2. The summed E-state index contributed by atoms with van der Waals surface area (Å²) in [6, 6.07) is 12.2. The van der Waals surface area contributed by atoms with Crippen molar-refractivity contribution >= 4 is 11.8 Å². The largest absolute Gasteiger partial charge is 0.484 e. The second kappa shape index (κ2) is 8.76. The molecule has 0 spiro atoms. The monoisotopic (exact) mass is 448 g/mol. The van der Waals surface area contributed by atoms with Crippen LogP contribution in [0.5, 0.6) is 5.75 Å². The Morgan fingerprint density at radius 3 is 2.61 bits per heavy atom. The van der Waals surface area contributed by atoms with Gasteiger partial charge < -0.3 is 9.15 Å². The molecule has 8 nitrogen and oxygen atoms in total. The van der Waals surface area contributed by atoms with Crippen molar-refractivity contribution in [2.24, 2.45) is 0 Å². The highest BCUT2D eigenvalue weighted by Gasteiger charge is 2.30. The molecule has 0 unspecified atom stereocenters. The van der Waals surface area contributed by atoms with Crippen molar-refractivity contribution in [1.29, 1.82) is 0 Å². The predicted octanol–water partition coefficient (Wildman–Crippen LogP) is 4.24. The molecule has 0 aliphatic heterocycles. The summed E-state index contributed by atoms with van der Waals surface area (Å²) >= 11 is 1.20. The van der Waals surface area contributed by atoms with Crippen LogP contribution in [-0.4, -0.2) is 30.4 Å². The van der Waals surface area contributed by atoms with Gasteiger partial charge in [-0.2, -0.15) is 17.9 Å². The first-order valence-electron chi connectivity index (χ1n) is 8.98. The standard InChI is InChI=1S/C19H15F3N6O2S/c1-12-3-2-4-15(9-12)29-10-17-24-25-18(30-17)31-11-16-23-26-27-28(16)14-7-5-13(6-8-14)19(20,21)22/h2-9H,10-11H2,1H3. The normalized spacial score (nSPS) is 11.6. The molecule has 4 rings (SSSR count). The molecule has 4 aromatic rings. The van der Waals surface area contributed by atoms with E-state index in [2.05, 4.69) is 25.7 Å². The Morgan fingerprint density at radius 2 is 1.87 bits per heavy atom. The SMILES string of the molecule is Cc1cccc(OCc2nnc(SCc3nnnn3-c3ccc(C(F)(F)F)cc3)o2)c1. The Balaban J connectivity index is 1.37. The van der Waals surface area contributed by atoms with E-state index in [0.29, 0.717) is 28.4 Å². The lowest BCUT2D eigenvalue weighted by molar-refractivity contribution is -0.137. The zero-order chi connectivity index (χ0) is 21.8. The van der Waals surface area contributed by atoms with Crippen molar-refractivity contribution in [3.63, 3.8) is 0 Å². The van der Waals surface area contributed by atoms with Crippen LogP contribution in [0.15, 0.2) is 58.2 Å². The van der Waals surface area contributed by atoms with Crippen molar-refractivity contribution in [3.8, 4) is 11.4 Å². The Kier molecular flexibility index (Phi) is 5.89. The van der Waals surface area contributed by atoms with Crippen molar-refractivity contribution in [2.75, 3.05) is 0 Å². The second-order valence-electron chi connectivity index (χ2n) is 6.41. The molecular weight excluding hydrogens is 433 g/mol. The second-order valence-corrected chi connectivity index (χ2v) is 7.33. The minimum Gasteiger partial charge on any atom is -0.484 e. The lowest BCUT2D eigenvalue weighted by Crippen LogP contribution is -2.06. The zero-order valence-electron chi connectivity index (χ0n) is 16.1. The van der Waals surface area contributed by atoms with Gasteiger partial charge in [-0.3, -0.25) is 0 Å². The molecule has 0 amide bonds. The molecule has 0 bridgehead atoms. The summed E-state index contributed by atoms with van der Waals surface area (Å²) in [5, 5.41) is 19.5. The molecule has 0 saturated carbocycles. The van der Waals surface area contributed by atoms with Crippen LogP contribution in [0.4, 0.5) is 13.2 Å². The predicted molar refractivity (Wildman–Crippen MR) is 104 cm³/mol. The minimum absolute atomic E-state index is 0.125. The number of hydrogen-bond acceptors (Lipinski definition) is 8. The molecule has 2 heterocycles. The van der Waals surface area contributed by atoms with Crippen LogP contribution in [0.2, 0.25) is 0 Å². The summed E-state index contributed by atoms with van der Waals surface area (Å²) in [6.07, 6.45) is -4.41. The Labute approximate surface area is 178 Å². The van der Waals surface area contributed by atoms with Crippen molar-refractivity contribution in [1.82, 2.24) is 30.4 Å². The molecule has 0 radical (unpaired) electrons. The first kappa shape index (κ1) is 20.8. The first-order chi connectivity index (χ1) is 14.9. The van der Waals surface area contributed by atoms with Crippen molar-refractivity contribution in [3.05, 3.63) is 71.4 Å². The van der Waals surface area contributed by atoms with Crippen LogP contribution < -0.4 is 4.74 Å². The van der Waals surface area contributed by atoms with Gasteiger partial charge in [-0.05, 0) is 59.3 Å². The number of rotatable bonds is 7. The van der Waals surface area contributed by atoms with Crippen molar-refractivity contribution < 1.29 is 22.3 Å². The number of nitrogens with zero attached hydrogens (tertiary/aromatic N) is 6. The van der Waals surface area contributed by atoms with Gasteiger partial charge in [0.2, 0.25) is 0 Å². The maximum Gasteiger partial charge on any atom is 0.416 e. The highest BCUT2D eigenvalue weighted by Crippen LogP contribution is 2.30. The molecule has 2 aromatic carbocycles. The van der Waals surface area contributed by atoms with Crippen LogP contribution in [0.25, 0.3) is 5.69 Å². The van der Waals surface area contributed by atoms with Crippen LogP contribution in [-0.2, 0) is 18.5 Å². The van der Waals surface area contributed by atoms with Gasteiger partial charge in [0.15, 0.2) is 12.4 Å². The van der Waals surface area contributed by atoms with Crippen LogP contribution in [0.3, 0.4) is 0 Å². The average molecular weight is 448 g/mol. The van der Waals surface area contributed by atoms with Gasteiger partial charge in [-0.15, -0.1) is 15.3 Å². The van der Waals surface area contributed by atoms with Gasteiger partial charge in [-0.1, -0.05) is 23.9 Å². The molecule has 0 fully saturated rings. The molecular formula is C19H15F3N6O2S. The van der Waals surface area contributed by atoms with Crippen LogP contribution >= 0.6 is 11.8 Å². The number of halogens is 3. The molecule has 31 heavy (non-hydrogen) atoms. The lowest BCUT2D eigenvalue weighted by atomic mass is 10.2. The molecule has 2 aromatic heterocycles. The third-order valence-corrected chi connectivity index (χ3v) is 4.91. The number of ether oxygens (including phenoxy) is 1. The minimum atomic E-state index is -4.41. The maximum atomic E-state index is 12.7. The van der Waals surface area contributed by atoms with Gasteiger partial charge in [0, 0.05) is 0 Å². The number of aryl methyl sites for hydroxylation is 1. The van der Waals surface area contributed by atoms with E-state index in [1.54, 1.807) is 0 Å². The fourth-order valence-electron chi connectivity index (χ4n) is 2.62. The van der Waals surface area contributed by atoms with Crippen LogP contribution in [0.1, 0.15) is 22.8 Å². The van der Waals surface area contributed by atoms with E-state index in [1.807, 2.05) is 31.2 Å².